The van der Waals surface area contributed by atoms with Gasteiger partial charge in [0.25, 0.3) is 0 Å². The molecule has 1 aromatic carbocycles. The summed E-state index contributed by atoms with van der Waals surface area (Å²) in [6.45, 7) is 2.81. The van der Waals surface area contributed by atoms with Gasteiger partial charge in [0, 0.05) is 12.2 Å². The van der Waals surface area contributed by atoms with Gasteiger partial charge in [-0.1, -0.05) is 12.1 Å². The fourth-order valence-electron chi connectivity index (χ4n) is 1.51. The van der Waals surface area contributed by atoms with E-state index in [9.17, 15) is 9.59 Å². The van der Waals surface area contributed by atoms with Crippen LogP contribution in [-0.2, 0) is 9.59 Å². The highest BCUT2D eigenvalue weighted by Gasteiger charge is 2.27. The molecule has 0 aliphatic heterocycles. The second-order valence-electron chi connectivity index (χ2n) is 4.77. The third-order valence-electron chi connectivity index (χ3n) is 2.66. The number of amides is 1. The molecule has 0 bridgehead atoms. The first-order valence-corrected chi connectivity index (χ1v) is 5.98. The fourth-order valence-corrected chi connectivity index (χ4v) is 1.51. The van der Waals surface area contributed by atoms with Gasteiger partial charge in [-0.15, -0.1) is 0 Å². The molecule has 0 unspecified atom stereocenters. The Bertz CT molecular complexity index is 652. The molecule has 1 heterocycles. The molecule has 6 nitrogen and oxygen atoms in total. The molecule has 2 N–H and O–H groups in total. The molecule has 0 aliphatic rings. The molecular formula is C14H14N2O4. The van der Waals surface area contributed by atoms with Crippen LogP contribution in [0.3, 0.4) is 0 Å². The van der Waals surface area contributed by atoms with E-state index in [2.05, 4.69) is 10.3 Å². The van der Waals surface area contributed by atoms with Gasteiger partial charge in [-0.25, -0.2) is 9.78 Å². The van der Waals surface area contributed by atoms with Gasteiger partial charge >= 0.3 is 5.97 Å². The monoisotopic (exact) mass is 274 g/mol. The number of nitrogens with zero attached hydrogens (tertiary/aromatic N) is 1. The Kier molecular flexibility index (Phi) is 3.56. The number of aliphatic carboxylic acids is 1. The van der Waals surface area contributed by atoms with E-state index >= 15 is 0 Å². The van der Waals surface area contributed by atoms with Crippen molar-refractivity contribution >= 4 is 29.1 Å². The van der Waals surface area contributed by atoms with Crippen molar-refractivity contribution in [2.75, 3.05) is 0 Å². The quantitative estimate of drug-likeness (QED) is 0.830. The summed E-state index contributed by atoms with van der Waals surface area (Å²) in [6, 6.07) is 7.22. The van der Waals surface area contributed by atoms with Crippen LogP contribution in [0.1, 0.15) is 19.7 Å². The number of hydrogen-bond acceptors (Lipinski definition) is 4. The molecule has 0 radical (unpaired) electrons. The van der Waals surface area contributed by atoms with E-state index in [0.717, 1.165) is 0 Å². The van der Waals surface area contributed by atoms with E-state index in [1.54, 1.807) is 12.1 Å². The lowest BCUT2D eigenvalue weighted by atomic mass is 10.1. The van der Waals surface area contributed by atoms with Crippen molar-refractivity contribution in [3.8, 4) is 0 Å². The van der Waals surface area contributed by atoms with Crippen LogP contribution in [-0.4, -0.2) is 27.5 Å². The lowest BCUT2D eigenvalue weighted by Gasteiger charge is -2.19. The van der Waals surface area contributed by atoms with Crippen molar-refractivity contribution < 1.29 is 19.1 Å². The Hall–Kier alpha value is -2.63. The van der Waals surface area contributed by atoms with Crippen molar-refractivity contribution in [3.63, 3.8) is 0 Å². The number of rotatable bonds is 4. The summed E-state index contributed by atoms with van der Waals surface area (Å²) in [6.07, 6.45) is 2.59. The average molecular weight is 274 g/mol. The number of para-hydroxylation sites is 2. The maximum absolute atomic E-state index is 11.6. The minimum atomic E-state index is -1.33. The number of oxazole rings is 1. The number of benzene rings is 1. The Morgan fingerprint density at radius 3 is 2.70 bits per heavy atom. The maximum Gasteiger partial charge on any atom is 0.328 e. The Morgan fingerprint density at radius 1 is 1.35 bits per heavy atom. The van der Waals surface area contributed by atoms with Gasteiger partial charge < -0.3 is 14.8 Å². The smallest absolute Gasteiger partial charge is 0.328 e. The lowest BCUT2D eigenvalue weighted by Crippen LogP contribution is -2.49. The predicted molar refractivity (Wildman–Crippen MR) is 72.9 cm³/mol. The van der Waals surface area contributed by atoms with Gasteiger partial charge in [-0.2, -0.15) is 0 Å². The third kappa shape index (κ3) is 3.03. The topological polar surface area (TPSA) is 92.4 Å². The molecule has 0 aliphatic carbocycles. The van der Waals surface area contributed by atoms with Crippen LogP contribution in [0.25, 0.3) is 17.2 Å². The fraction of sp³-hybridized carbons (Fsp3) is 0.214. The van der Waals surface area contributed by atoms with Gasteiger partial charge in [0.05, 0.1) is 0 Å². The number of fused-ring (bicyclic) bond motifs is 1. The van der Waals surface area contributed by atoms with E-state index in [1.165, 1.54) is 26.0 Å². The van der Waals surface area contributed by atoms with Gasteiger partial charge in [0.2, 0.25) is 11.8 Å². The molecule has 0 fully saturated rings. The van der Waals surface area contributed by atoms with Crippen LogP contribution in [0.15, 0.2) is 34.8 Å². The number of carbonyl (C=O) groups excluding carboxylic acids is 1. The summed E-state index contributed by atoms with van der Waals surface area (Å²) in [4.78, 5) is 26.7. The van der Waals surface area contributed by atoms with Crippen molar-refractivity contribution in [2.24, 2.45) is 0 Å². The Labute approximate surface area is 115 Å². The summed E-state index contributed by atoms with van der Waals surface area (Å²) in [5.41, 5.74) is -0.0141. The van der Waals surface area contributed by atoms with Crippen molar-refractivity contribution in [1.29, 1.82) is 0 Å². The summed E-state index contributed by atoms with van der Waals surface area (Å²) in [5.74, 6) is -1.35. The van der Waals surface area contributed by atoms with Gasteiger partial charge in [0.1, 0.15) is 11.1 Å². The minimum absolute atomic E-state index is 0.287. The number of carboxylic acids is 1. The second-order valence-corrected chi connectivity index (χ2v) is 4.77. The molecule has 0 saturated carbocycles. The standard InChI is InChI=1S/C14H14N2O4/c1-14(2,13(18)19)16-11(17)7-8-12-15-9-5-3-4-6-10(9)20-12/h3-8H,1-2H3,(H,16,17)(H,18,19). The van der Waals surface area contributed by atoms with Gasteiger partial charge in [0.15, 0.2) is 5.58 Å². The summed E-state index contributed by atoms with van der Waals surface area (Å²) in [7, 11) is 0. The first kappa shape index (κ1) is 13.8. The van der Waals surface area contributed by atoms with Gasteiger partial charge in [-0.05, 0) is 26.0 Å². The van der Waals surface area contributed by atoms with Crippen molar-refractivity contribution in [2.45, 2.75) is 19.4 Å². The number of hydrogen-bond donors (Lipinski definition) is 2. The number of carboxylic acid groups (broad SMARTS) is 1. The molecule has 1 amide bonds. The number of carbonyl (C=O) groups is 2. The maximum atomic E-state index is 11.6. The second kappa shape index (κ2) is 5.16. The number of aromatic nitrogens is 1. The molecule has 1 aromatic heterocycles. The van der Waals surface area contributed by atoms with E-state index < -0.39 is 17.4 Å². The zero-order chi connectivity index (χ0) is 14.8. The molecule has 6 heteroatoms. The predicted octanol–water partition coefficient (Wildman–Crippen LogP) is 1.82. The molecule has 2 aromatic rings. The zero-order valence-electron chi connectivity index (χ0n) is 11.1. The normalized spacial score (nSPS) is 11.9. The number of nitrogens with one attached hydrogen (secondary N) is 1. The van der Waals surface area contributed by atoms with E-state index in [4.69, 9.17) is 9.52 Å². The highest BCUT2D eigenvalue weighted by molar-refractivity contribution is 5.95. The molecule has 20 heavy (non-hydrogen) atoms. The van der Waals surface area contributed by atoms with Crippen LogP contribution in [0.4, 0.5) is 0 Å². The van der Waals surface area contributed by atoms with E-state index in [0.29, 0.717) is 11.1 Å². The Balaban J connectivity index is 2.09. The molecule has 0 atom stereocenters. The molecule has 0 saturated heterocycles. The molecular weight excluding hydrogens is 260 g/mol. The van der Waals surface area contributed by atoms with Crippen LogP contribution in [0, 0.1) is 0 Å². The highest BCUT2D eigenvalue weighted by Crippen LogP contribution is 2.15. The van der Waals surface area contributed by atoms with E-state index in [-0.39, 0.29) is 5.89 Å². The molecule has 2 rings (SSSR count). The average Bonchev–Trinajstić information content (AvgIpc) is 2.78. The largest absolute Gasteiger partial charge is 0.480 e. The lowest BCUT2D eigenvalue weighted by molar-refractivity contribution is -0.145. The Morgan fingerprint density at radius 2 is 2.05 bits per heavy atom. The summed E-state index contributed by atoms with van der Waals surface area (Å²) in [5, 5.41) is 11.3. The SMILES string of the molecule is CC(C)(NC(=O)C=Cc1nc2ccccc2o1)C(=O)O. The first-order valence-electron chi connectivity index (χ1n) is 5.98. The zero-order valence-corrected chi connectivity index (χ0v) is 11.1. The van der Waals surface area contributed by atoms with Crippen LogP contribution in [0.2, 0.25) is 0 Å². The van der Waals surface area contributed by atoms with Crippen molar-refractivity contribution in [1.82, 2.24) is 10.3 Å². The summed E-state index contributed by atoms with van der Waals surface area (Å²) >= 11 is 0. The summed E-state index contributed by atoms with van der Waals surface area (Å²) < 4.78 is 5.40. The third-order valence-corrected chi connectivity index (χ3v) is 2.66. The van der Waals surface area contributed by atoms with Crippen molar-refractivity contribution in [3.05, 3.63) is 36.2 Å². The molecule has 104 valence electrons. The first-order chi connectivity index (χ1) is 9.38. The van der Waals surface area contributed by atoms with Crippen LogP contribution in [0.5, 0.6) is 0 Å². The van der Waals surface area contributed by atoms with Crippen LogP contribution >= 0.6 is 0 Å². The highest BCUT2D eigenvalue weighted by atomic mass is 16.4. The van der Waals surface area contributed by atoms with Gasteiger partial charge in [-0.3, -0.25) is 4.79 Å². The molecule has 0 spiro atoms. The minimum Gasteiger partial charge on any atom is -0.480 e. The van der Waals surface area contributed by atoms with E-state index in [1.807, 2.05) is 12.1 Å². The van der Waals surface area contributed by atoms with Crippen LogP contribution < -0.4 is 5.32 Å².